The van der Waals surface area contributed by atoms with E-state index in [1.165, 1.54) is 38.6 Å². The monoisotopic (exact) mass is 866 g/mol. The maximum atomic E-state index is 6.89. The molecule has 8 aromatic carbocycles. The van der Waals surface area contributed by atoms with Gasteiger partial charge in [0, 0.05) is 44.8 Å². The molecule has 4 heterocycles. The summed E-state index contributed by atoms with van der Waals surface area (Å²) in [5.41, 5.74) is 19.9. The number of furan rings is 1. The van der Waals surface area contributed by atoms with Gasteiger partial charge in [-0.2, -0.15) is 0 Å². The molecular weight excluding hydrogens is 816 g/mol. The maximum absolute atomic E-state index is 6.89. The molecule has 0 amide bonds. The average Bonchev–Trinajstić information content (AvgIpc) is 3.73. The van der Waals surface area contributed by atoms with Crippen LogP contribution in [0.15, 0.2) is 205 Å². The van der Waals surface area contributed by atoms with Crippen LogP contribution in [0.25, 0.3) is 33.1 Å². The standard InChI is InChI=1S/C61H51BN4O/c1-60(2,3)41-28-31-44(32-29-41)64(51-35-30-42(61(4,5)6)36-48(51)40-18-9-7-10-19-40)45-33-34-50-54(37-45)66(53-26-17-23-47-46-22-13-16-27-57(46)67-59(47)53)56-39-63-38-55-58(56)62(50)49-24-14-15-25-52(49)65(55)43-20-11-8-12-21-43/h7-39H,1-6H3. The summed E-state index contributed by atoms with van der Waals surface area (Å²) in [7, 11) is 0. The van der Waals surface area contributed by atoms with E-state index in [1.807, 2.05) is 12.3 Å². The molecule has 0 radical (unpaired) electrons. The lowest BCUT2D eigenvalue weighted by molar-refractivity contribution is 0.590. The average molecular weight is 867 g/mol. The summed E-state index contributed by atoms with van der Waals surface area (Å²) < 4.78 is 6.89. The maximum Gasteiger partial charge on any atom is 0.252 e. The van der Waals surface area contributed by atoms with Crippen LogP contribution < -0.4 is 31.1 Å². The fourth-order valence-electron chi connectivity index (χ4n) is 10.5. The topological polar surface area (TPSA) is 35.8 Å². The molecule has 0 spiro atoms. The molecule has 0 unspecified atom stereocenters. The number of nitrogens with zero attached hydrogens (tertiary/aromatic N) is 4. The highest BCUT2D eigenvalue weighted by atomic mass is 16.3. The van der Waals surface area contributed by atoms with Crippen molar-refractivity contribution < 1.29 is 4.42 Å². The van der Waals surface area contributed by atoms with Crippen molar-refractivity contribution in [2.24, 2.45) is 0 Å². The van der Waals surface area contributed by atoms with Gasteiger partial charge < -0.3 is 19.1 Å². The van der Waals surface area contributed by atoms with Crippen LogP contribution in [0.1, 0.15) is 52.7 Å². The van der Waals surface area contributed by atoms with E-state index in [1.54, 1.807) is 0 Å². The fourth-order valence-corrected chi connectivity index (χ4v) is 10.5. The Labute approximate surface area is 393 Å². The Kier molecular flexibility index (Phi) is 9.34. The van der Waals surface area contributed by atoms with E-state index in [0.717, 1.165) is 73.1 Å². The van der Waals surface area contributed by atoms with Gasteiger partial charge in [0.05, 0.1) is 35.1 Å². The second kappa shape index (κ2) is 15.4. The number of pyridine rings is 1. The van der Waals surface area contributed by atoms with Crippen molar-refractivity contribution in [2.45, 2.75) is 52.4 Å². The highest BCUT2D eigenvalue weighted by Crippen LogP contribution is 2.49. The number of hydrogen-bond acceptors (Lipinski definition) is 5. The molecule has 10 aromatic rings. The van der Waals surface area contributed by atoms with Gasteiger partial charge in [-0.25, -0.2) is 0 Å². The zero-order valence-corrected chi connectivity index (χ0v) is 38.8. The second-order valence-corrected chi connectivity index (χ2v) is 20.1. The van der Waals surface area contributed by atoms with Gasteiger partial charge in [0.25, 0.3) is 6.71 Å². The Morgan fingerprint density at radius 1 is 0.478 bits per heavy atom. The van der Waals surface area contributed by atoms with E-state index < -0.39 is 0 Å². The lowest BCUT2D eigenvalue weighted by Crippen LogP contribution is -2.61. The Balaban J connectivity index is 1.15. The van der Waals surface area contributed by atoms with E-state index >= 15 is 0 Å². The number of benzene rings is 8. The van der Waals surface area contributed by atoms with Gasteiger partial charge in [0.2, 0.25) is 0 Å². The van der Waals surface area contributed by atoms with Crippen LogP contribution in [0, 0.1) is 0 Å². The van der Waals surface area contributed by atoms with Gasteiger partial charge in [0.15, 0.2) is 5.58 Å². The van der Waals surface area contributed by atoms with Gasteiger partial charge in [-0.1, -0.05) is 163 Å². The van der Waals surface area contributed by atoms with Crippen molar-refractivity contribution in [1.82, 2.24) is 4.98 Å². The number of fused-ring (bicyclic) bond motifs is 7. The zero-order valence-electron chi connectivity index (χ0n) is 38.8. The summed E-state index contributed by atoms with van der Waals surface area (Å²) in [6, 6.07) is 68.6. The van der Waals surface area contributed by atoms with Crippen LogP contribution in [0.3, 0.4) is 0 Å². The Bertz CT molecular complexity index is 3510. The van der Waals surface area contributed by atoms with E-state index in [0.29, 0.717) is 0 Å². The van der Waals surface area contributed by atoms with Crippen LogP contribution >= 0.6 is 0 Å². The molecule has 2 aromatic heterocycles. The smallest absolute Gasteiger partial charge is 0.252 e. The molecular formula is C61H51BN4O. The van der Waals surface area contributed by atoms with Crippen LogP contribution in [0.5, 0.6) is 0 Å². The molecule has 0 N–H and O–H groups in total. The molecule has 2 aliphatic rings. The van der Waals surface area contributed by atoms with E-state index in [2.05, 4.69) is 244 Å². The van der Waals surface area contributed by atoms with Crippen LogP contribution in [0.4, 0.5) is 51.2 Å². The molecule has 0 saturated heterocycles. The quantitative estimate of drug-likeness (QED) is 0.156. The Hall–Kier alpha value is -7.83. The Morgan fingerprint density at radius 2 is 1.09 bits per heavy atom. The molecule has 5 nitrogen and oxygen atoms in total. The van der Waals surface area contributed by atoms with Crippen LogP contribution in [0.2, 0.25) is 0 Å². The number of aromatic nitrogens is 1. The lowest BCUT2D eigenvalue weighted by Gasteiger charge is -2.44. The summed E-state index contributed by atoms with van der Waals surface area (Å²) >= 11 is 0. The number of hydrogen-bond donors (Lipinski definition) is 0. The van der Waals surface area contributed by atoms with Gasteiger partial charge in [0.1, 0.15) is 5.58 Å². The van der Waals surface area contributed by atoms with Gasteiger partial charge in [-0.05, 0) is 111 Å². The number of rotatable bonds is 6. The van der Waals surface area contributed by atoms with Gasteiger partial charge >= 0.3 is 0 Å². The predicted octanol–water partition coefficient (Wildman–Crippen LogP) is 14.8. The first-order chi connectivity index (χ1) is 32.5. The van der Waals surface area contributed by atoms with E-state index in [4.69, 9.17) is 9.40 Å². The van der Waals surface area contributed by atoms with Crippen molar-refractivity contribution >= 4 is 96.2 Å². The van der Waals surface area contributed by atoms with Crippen LogP contribution in [-0.4, -0.2) is 11.7 Å². The molecule has 0 aliphatic carbocycles. The molecule has 0 atom stereocenters. The normalized spacial score (nSPS) is 13.1. The SMILES string of the molecule is CC(C)(C)c1ccc(N(c2ccc3c(c2)N(c2cccc4c2oc2ccccc24)c2cncc4c2B3c2ccccc2N4c2ccccc2)c2ccc(C(C)(C)C)cc2-c2ccccc2)cc1. The highest BCUT2D eigenvalue weighted by molar-refractivity contribution is 7.00. The van der Waals surface area contributed by atoms with Crippen molar-refractivity contribution in [1.29, 1.82) is 0 Å². The first kappa shape index (κ1) is 40.7. The summed E-state index contributed by atoms with van der Waals surface area (Å²) in [4.78, 5) is 12.3. The van der Waals surface area contributed by atoms with E-state index in [-0.39, 0.29) is 17.5 Å². The second-order valence-electron chi connectivity index (χ2n) is 20.1. The summed E-state index contributed by atoms with van der Waals surface area (Å²) in [5.74, 6) is 0. The third kappa shape index (κ3) is 6.65. The predicted molar refractivity (Wildman–Crippen MR) is 283 cm³/mol. The molecule has 324 valence electrons. The molecule has 2 aliphatic heterocycles. The summed E-state index contributed by atoms with van der Waals surface area (Å²) in [6.45, 7) is 13.6. The van der Waals surface area contributed by atoms with Crippen LogP contribution in [-0.2, 0) is 10.8 Å². The third-order valence-electron chi connectivity index (χ3n) is 13.8. The third-order valence-corrected chi connectivity index (χ3v) is 13.8. The first-order valence-electron chi connectivity index (χ1n) is 23.4. The van der Waals surface area contributed by atoms with Crippen molar-refractivity contribution in [2.75, 3.05) is 14.7 Å². The van der Waals surface area contributed by atoms with Gasteiger partial charge in [-0.3, -0.25) is 4.98 Å². The minimum Gasteiger partial charge on any atom is -0.454 e. The molecule has 12 rings (SSSR count). The summed E-state index contributed by atoms with van der Waals surface area (Å²) in [6.07, 6.45) is 4.10. The van der Waals surface area contributed by atoms with Crippen molar-refractivity contribution in [3.05, 3.63) is 212 Å². The molecule has 67 heavy (non-hydrogen) atoms. The number of anilines is 9. The molecule has 0 bridgehead atoms. The van der Waals surface area contributed by atoms with Gasteiger partial charge in [-0.15, -0.1) is 0 Å². The largest absolute Gasteiger partial charge is 0.454 e. The Morgan fingerprint density at radius 3 is 1.85 bits per heavy atom. The first-order valence-corrected chi connectivity index (χ1v) is 23.4. The molecule has 6 heteroatoms. The fraction of sp³-hybridized carbons (Fsp3) is 0.131. The zero-order chi connectivity index (χ0) is 45.6. The highest BCUT2D eigenvalue weighted by Gasteiger charge is 2.44. The number of para-hydroxylation sites is 4. The van der Waals surface area contributed by atoms with E-state index in [9.17, 15) is 0 Å². The summed E-state index contributed by atoms with van der Waals surface area (Å²) in [5, 5.41) is 2.17. The van der Waals surface area contributed by atoms with Crippen molar-refractivity contribution in [3.63, 3.8) is 0 Å². The minimum absolute atomic E-state index is 0.00354. The molecule has 0 fully saturated rings. The molecule has 0 saturated carbocycles. The lowest BCUT2D eigenvalue weighted by atomic mass is 9.33. The van der Waals surface area contributed by atoms with Crippen molar-refractivity contribution in [3.8, 4) is 11.1 Å². The minimum atomic E-state index is -0.0650.